The molecule has 1 fully saturated rings. The molecule has 1 aromatic rings. The molecule has 0 radical (unpaired) electrons. The number of esters is 2. The Morgan fingerprint density at radius 2 is 1.65 bits per heavy atom. The fourth-order valence-corrected chi connectivity index (χ4v) is 4.01. The molecule has 0 bridgehead atoms. The molecule has 1 aliphatic heterocycles. The Labute approximate surface area is 202 Å². The molecule has 0 aromatic carbocycles. The molecule has 2 rings (SSSR count). The van der Waals surface area contributed by atoms with Gasteiger partial charge in [-0.25, -0.2) is 4.79 Å². The molecule has 34 heavy (non-hydrogen) atoms. The molecule has 1 aliphatic rings. The SMILES string of the molecule is CCCCCCCC(=O)OCC1OC(n2ccc(N)nc2=O)CC1OC(=O)CCCCCCC. The number of anilines is 1. The van der Waals surface area contributed by atoms with E-state index in [0.717, 1.165) is 64.2 Å². The molecule has 0 saturated carbocycles. The van der Waals surface area contributed by atoms with Gasteiger partial charge in [0.2, 0.25) is 0 Å². The van der Waals surface area contributed by atoms with Crippen LogP contribution in [0.4, 0.5) is 5.82 Å². The first kappa shape index (κ1) is 27.8. The van der Waals surface area contributed by atoms with Crippen molar-refractivity contribution in [2.45, 2.75) is 116 Å². The van der Waals surface area contributed by atoms with Crippen LogP contribution in [0.25, 0.3) is 0 Å². The van der Waals surface area contributed by atoms with Gasteiger partial charge in [0, 0.05) is 25.5 Å². The number of ether oxygens (including phenoxy) is 3. The van der Waals surface area contributed by atoms with Crippen LogP contribution in [0.1, 0.15) is 104 Å². The van der Waals surface area contributed by atoms with E-state index in [-0.39, 0.29) is 30.8 Å². The van der Waals surface area contributed by atoms with Crippen LogP contribution in [0.15, 0.2) is 17.1 Å². The zero-order valence-electron chi connectivity index (χ0n) is 20.7. The average Bonchev–Trinajstić information content (AvgIpc) is 3.19. The van der Waals surface area contributed by atoms with Gasteiger partial charge in [-0.1, -0.05) is 65.2 Å². The lowest BCUT2D eigenvalue weighted by Crippen LogP contribution is -2.32. The molecule has 2 N–H and O–H groups in total. The largest absolute Gasteiger partial charge is 0.463 e. The van der Waals surface area contributed by atoms with Gasteiger partial charge in [0.25, 0.3) is 0 Å². The predicted octanol–water partition coefficient (Wildman–Crippen LogP) is 4.29. The summed E-state index contributed by atoms with van der Waals surface area (Å²) in [5.74, 6) is -0.480. The maximum absolute atomic E-state index is 12.4. The third-order valence-electron chi connectivity index (χ3n) is 6.00. The van der Waals surface area contributed by atoms with E-state index in [0.29, 0.717) is 12.8 Å². The van der Waals surface area contributed by atoms with Crippen LogP contribution < -0.4 is 11.4 Å². The Balaban J connectivity index is 1.91. The molecule has 1 saturated heterocycles. The van der Waals surface area contributed by atoms with E-state index >= 15 is 0 Å². The summed E-state index contributed by atoms with van der Waals surface area (Å²) in [5, 5.41) is 0. The summed E-state index contributed by atoms with van der Waals surface area (Å²) in [6.45, 7) is 4.26. The highest BCUT2D eigenvalue weighted by molar-refractivity contribution is 5.70. The quantitative estimate of drug-likeness (QED) is 0.275. The number of unbranched alkanes of at least 4 members (excludes halogenated alkanes) is 8. The van der Waals surface area contributed by atoms with Crippen LogP contribution in [0.5, 0.6) is 0 Å². The van der Waals surface area contributed by atoms with Crippen molar-refractivity contribution in [2.75, 3.05) is 12.3 Å². The fourth-order valence-electron chi connectivity index (χ4n) is 4.01. The predicted molar refractivity (Wildman–Crippen MR) is 129 cm³/mol. The number of nitrogens with two attached hydrogens (primary N) is 1. The minimum Gasteiger partial charge on any atom is -0.463 e. The summed E-state index contributed by atoms with van der Waals surface area (Å²) >= 11 is 0. The Kier molecular flexibility index (Phi) is 12.7. The number of aromatic nitrogens is 2. The molecule has 1 aromatic heterocycles. The number of hydrogen-bond donors (Lipinski definition) is 1. The van der Waals surface area contributed by atoms with Crippen LogP contribution >= 0.6 is 0 Å². The summed E-state index contributed by atoms with van der Waals surface area (Å²) in [4.78, 5) is 40.6. The van der Waals surface area contributed by atoms with Crippen LogP contribution in [-0.4, -0.2) is 40.3 Å². The van der Waals surface area contributed by atoms with Crippen molar-refractivity contribution < 1.29 is 23.8 Å². The Morgan fingerprint density at radius 3 is 2.26 bits per heavy atom. The number of rotatable bonds is 16. The smallest absolute Gasteiger partial charge is 0.351 e. The standard InChI is InChI=1S/C25H41N3O6/c1-3-5-7-9-11-13-23(29)32-18-20-19(34-24(30)14-12-10-8-6-4-2)17-22(33-20)28-16-15-21(26)27-25(28)31/h15-16,19-20,22H,3-14,17-18H2,1-2H3,(H2,26,27,31). The third kappa shape index (κ3) is 9.83. The topological polar surface area (TPSA) is 123 Å². The summed E-state index contributed by atoms with van der Waals surface area (Å²) in [7, 11) is 0. The molecule has 192 valence electrons. The monoisotopic (exact) mass is 479 g/mol. The van der Waals surface area contributed by atoms with Gasteiger partial charge in [-0.05, 0) is 18.9 Å². The van der Waals surface area contributed by atoms with Crippen molar-refractivity contribution in [3.05, 3.63) is 22.7 Å². The van der Waals surface area contributed by atoms with Crippen LogP contribution in [0, 0.1) is 0 Å². The molecule has 2 heterocycles. The van der Waals surface area contributed by atoms with Crippen LogP contribution in [-0.2, 0) is 23.8 Å². The number of carbonyl (C=O) groups excluding carboxylic acids is 2. The van der Waals surface area contributed by atoms with Crippen molar-refractivity contribution in [3.63, 3.8) is 0 Å². The molecule has 0 spiro atoms. The summed E-state index contributed by atoms with van der Waals surface area (Å²) in [5.41, 5.74) is 5.03. The second-order valence-corrected chi connectivity index (χ2v) is 8.95. The normalized spacial score (nSPS) is 19.8. The second-order valence-electron chi connectivity index (χ2n) is 8.95. The number of hydrogen-bond acceptors (Lipinski definition) is 8. The molecule has 3 atom stereocenters. The average molecular weight is 480 g/mol. The fraction of sp³-hybridized carbons (Fsp3) is 0.760. The van der Waals surface area contributed by atoms with Gasteiger partial charge in [0.15, 0.2) is 0 Å². The first-order valence-electron chi connectivity index (χ1n) is 12.8. The van der Waals surface area contributed by atoms with Gasteiger partial charge < -0.3 is 19.9 Å². The lowest BCUT2D eigenvalue weighted by Gasteiger charge is -2.19. The van der Waals surface area contributed by atoms with Gasteiger partial charge in [0.1, 0.15) is 30.9 Å². The third-order valence-corrected chi connectivity index (χ3v) is 6.00. The minimum absolute atomic E-state index is 0.0319. The highest BCUT2D eigenvalue weighted by Crippen LogP contribution is 2.31. The molecular weight excluding hydrogens is 438 g/mol. The van der Waals surface area contributed by atoms with Gasteiger partial charge in [-0.3, -0.25) is 14.2 Å². The number of nitrogens with zero attached hydrogens (tertiary/aromatic N) is 2. The first-order valence-corrected chi connectivity index (χ1v) is 12.8. The maximum Gasteiger partial charge on any atom is 0.351 e. The van der Waals surface area contributed by atoms with Crippen LogP contribution in [0.2, 0.25) is 0 Å². The number of carbonyl (C=O) groups is 2. The van der Waals surface area contributed by atoms with Gasteiger partial charge in [-0.2, -0.15) is 4.98 Å². The molecule has 9 nitrogen and oxygen atoms in total. The van der Waals surface area contributed by atoms with E-state index in [1.165, 1.54) is 16.8 Å². The maximum atomic E-state index is 12.4. The highest BCUT2D eigenvalue weighted by Gasteiger charge is 2.40. The van der Waals surface area contributed by atoms with Crippen molar-refractivity contribution in [1.29, 1.82) is 0 Å². The summed E-state index contributed by atoms with van der Waals surface area (Å²) in [6.07, 6.45) is 10.9. The Hall–Kier alpha value is -2.42. The molecule has 0 aliphatic carbocycles. The minimum atomic E-state index is -0.680. The van der Waals surface area contributed by atoms with E-state index in [1.807, 2.05) is 0 Å². The first-order chi connectivity index (χ1) is 16.4. The van der Waals surface area contributed by atoms with Gasteiger partial charge in [0.05, 0.1) is 0 Å². The van der Waals surface area contributed by atoms with Crippen molar-refractivity contribution in [3.8, 4) is 0 Å². The van der Waals surface area contributed by atoms with Crippen molar-refractivity contribution in [2.24, 2.45) is 0 Å². The molecule has 3 unspecified atom stereocenters. The summed E-state index contributed by atoms with van der Waals surface area (Å²) in [6, 6.07) is 1.51. The number of nitrogen functional groups attached to an aromatic ring is 1. The lowest BCUT2D eigenvalue weighted by molar-refractivity contribution is -0.158. The molecular formula is C25H41N3O6. The molecule has 0 amide bonds. The lowest BCUT2D eigenvalue weighted by atomic mass is 10.1. The van der Waals surface area contributed by atoms with E-state index in [1.54, 1.807) is 0 Å². The van der Waals surface area contributed by atoms with E-state index < -0.39 is 24.1 Å². The van der Waals surface area contributed by atoms with Crippen molar-refractivity contribution in [1.82, 2.24) is 9.55 Å². The zero-order valence-corrected chi connectivity index (χ0v) is 20.7. The van der Waals surface area contributed by atoms with E-state index in [4.69, 9.17) is 19.9 Å². The Morgan fingerprint density at radius 1 is 1.03 bits per heavy atom. The van der Waals surface area contributed by atoms with Crippen molar-refractivity contribution >= 4 is 17.8 Å². The van der Waals surface area contributed by atoms with Gasteiger partial charge in [-0.15, -0.1) is 0 Å². The highest BCUT2D eigenvalue weighted by atomic mass is 16.6. The van der Waals surface area contributed by atoms with E-state index in [2.05, 4.69) is 18.8 Å². The Bertz CT molecular complexity index is 812. The van der Waals surface area contributed by atoms with Gasteiger partial charge >= 0.3 is 17.6 Å². The second kappa shape index (κ2) is 15.5. The van der Waals surface area contributed by atoms with Crippen LogP contribution in [0.3, 0.4) is 0 Å². The van der Waals surface area contributed by atoms with E-state index in [9.17, 15) is 14.4 Å². The summed E-state index contributed by atoms with van der Waals surface area (Å²) < 4.78 is 18.4. The zero-order chi connectivity index (χ0) is 24.8. The molecule has 9 heteroatoms.